The number of hydrogen-bond acceptors (Lipinski definition) is 5. The van der Waals surface area contributed by atoms with Crippen LogP contribution in [0.25, 0.3) is 0 Å². The molecule has 2 aliphatic heterocycles. The van der Waals surface area contributed by atoms with Crippen LogP contribution >= 0.6 is 24.0 Å². The molecule has 2 aliphatic rings. The highest BCUT2D eigenvalue weighted by molar-refractivity contribution is 14.0. The van der Waals surface area contributed by atoms with E-state index in [1.54, 1.807) is 7.11 Å². The molecule has 2 aromatic rings. The summed E-state index contributed by atoms with van der Waals surface area (Å²) in [6.45, 7) is 4.12. The van der Waals surface area contributed by atoms with Crippen LogP contribution in [-0.2, 0) is 6.42 Å². The van der Waals surface area contributed by atoms with E-state index in [1.807, 2.05) is 31.3 Å². The molecule has 2 N–H and O–H groups in total. The molecule has 0 bridgehead atoms. The fraction of sp³-hybridized carbons (Fsp3) is 0.435. The third-order valence-corrected chi connectivity index (χ3v) is 5.63. The monoisotopic (exact) mass is 538 g/mol. The Morgan fingerprint density at radius 3 is 2.87 bits per heavy atom. The van der Waals surface area contributed by atoms with Crippen molar-refractivity contribution >= 4 is 35.6 Å². The fourth-order valence-corrected chi connectivity index (χ4v) is 3.92. The van der Waals surface area contributed by atoms with Crippen molar-refractivity contribution in [2.24, 2.45) is 10.9 Å². The van der Waals surface area contributed by atoms with Crippen LogP contribution in [-0.4, -0.2) is 53.1 Å². The number of methoxy groups -OCH3 is 1. The molecule has 1 saturated heterocycles. The molecule has 1 atom stereocenters. The van der Waals surface area contributed by atoms with Crippen molar-refractivity contribution < 1.29 is 14.2 Å². The molecule has 2 heterocycles. The van der Waals surface area contributed by atoms with Crippen molar-refractivity contribution in [2.75, 3.05) is 52.0 Å². The molecule has 0 saturated carbocycles. The zero-order chi connectivity index (χ0) is 20.8. The summed E-state index contributed by atoms with van der Waals surface area (Å²) >= 11 is 0. The van der Waals surface area contributed by atoms with Gasteiger partial charge in [0.15, 0.2) is 17.5 Å². The summed E-state index contributed by atoms with van der Waals surface area (Å²) in [5.41, 5.74) is 2.44. The second-order valence-corrected chi connectivity index (χ2v) is 7.62. The highest BCUT2D eigenvalue weighted by atomic mass is 127. The Morgan fingerprint density at radius 1 is 1.16 bits per heavy atom. The van der Waals surface area contributed by atoms with E-state index >= 15 is 0 Å². The minimum atomic E-state index is 0. The van der Waals surface area contributed by atoms with E-state index in [1.165, 1.54) is 17.7 Å². The van der Waals surface area contributed by atoms with Gasteiger partial charge in [-0.15, -0.1) is 24.0 Å². The molecule has 1 unspecified atom stereocenters. The predicted octanol–water partition coefficient (Wildman–Crippen LogP) is 3.28. The lowest BCUT2D eigenvalue weighted by Gasteiger charge is -2.20. The maximum atomic E-state index is 5.45. The highest BCUT2D eigenvalue weighted by Gasteiger charge is 2.23. The first-order valence-electron chi connectivity index (χ1n) is 10.5. The van der Waals surface area contributed by atoms with Crippen molar-refractivity contribution in [1.29, 1.82) is 0 Å². The average molecular weight is 538 g/mol. The molecule has 8 heteroatoms. The topological polar surface area (TPSA) is 67.4 Å². The number of rotatable bonds is 7. The molecule has 4 rings (SSSR count). The van der Waals surface area contributed by atoms with Crippen LogP contribution in [0.3, 0.4) is 0 Å². The quantitative estimate of drug-likeness (QED) is 0.321. The Bertz CT molecular complexity index is 893. The lowest BCUT2D eigenvalue weighted by molar-refractivity contribution is 0.174. The molecule has 0 spiro atoms. The van der Waals surface area contributed by atoms with Crippen LogP contribution in [0, 0.1) is 5.92 Å². The summed E-state index contributed by atoms with van der Waals surface area (Å²) in [5.74, 6) is 3.99. The summed E-state index contributed by atoms with van der Waals surface area (Å²) in [5, 5.41) is 6.88. The summed E-state index contributed by atoms with van der Waals surface area (Å²) in [7, 11) is 3.52. The van der Waals surface area contributed by atoms with E-state index in [0.29, 0.717) is 12.7 Å². The van der Waals surface area contributed by atoms with Crippen molar-refractivity contribution in [1.82, 2.24) is 10.6 Å². The standard InChI is InChI=1S/C23H30N4O3.HI/c1-24-23(25-10-8-17-6-7-21-22(12-17)30-16-29-21)26-14-18-9-11-27(15-18)19-4-3-5-20(13-19)28-2;/h3-7,12-13,18H,8-11,14-16H2,1-2H3,(H2,24,25,26);1H. The van der Waals surface area contributed by atoms with E-state index in [4.69, 9.17) is 14.2 Å². The van der Waals surface area contributed by atoms with Gasteiger partial charge >= 0.3 is 0 Å². The normalized spacial score (nSPS) is 17.3. The number of guanidine groups is 1. The summed E-state index contributed by atoms with van der Waals surface area (Å²) < 4.78 is 16.2. The number of hydrogen-bond donors (Lipinski definition) is 2. The van der Waals surface area contributed by atoms with Crippen molar-refractivity contribution in [2.45, 2.75) is 12.8 Å². The molecular formula is C23H31IN4O3. The molecule has 0 aromatic heterocycles. The summed E-state index contributed by atoms with van der Waals surface area (Å²) in [6.07, 6.45) is 2.06. The minimum Gasteiger partial charge on any atom is -0.497 e. The molecule has 0 amide bonds. The van der Waals surface area contributed by atoms with Gasteiger partial charge in [-0.1, -0.05) is 12.1 Å². The lowest BCUT2D eigenvalue weighted by atomic mass is 10.1. The minimum absolute atomic E-state index is 0. The summed E-state index contributed by atoms with van der Waals surface area (Å²) in [6, 6.07) is 14.4. The van der Waals surface area contributed by atoms with Gasteiger partial charge in [0.25, 0.3) is 0 Å². The Kier molecular flexibility index (Phi) is 8.51. The second kappa shape index (κ2) is 11.3. The van der Waals surface area contributed by atoms with Crippen molar-refractivity contribution in [3.05, 3.63) is 48.0 Å². The molecule has 1 fully saturated rings. The van der Waals surface area contributed by atoms with Crippen molar-refractivity contribution in [3.63, 3.8) is 0 Å². The van der Waals surface area contributed by atoms with Crippen molar-refractivity contribution in [3.8, 4) is 17.2 Å². The van der Waals surface area contributed by atoms with Crippen LogP contribution in [0.5, 0.6) is 17.2 Å². The molecular weight excluding hydrogens is 507 g/mol. The maximum Gasteiger partial charge on any atom is 0.231 e. The van der Waals surface area contributed by atoms with E-state index in [0.717, 1.165) is 55.8 Å². The number of fused-ring (bicyclic) bond motifs is 1. The first-order chi connectivity index (χ1) is 14.7. The Hall–Kier alpha value is -2.36. The first kappa shape index (κ1) is 23.3. The van der Waals surface area contributed by atoms with Crippen LogP contribution in [0.2, 0.25) is 0 Å². The smallest absolute Gasteiger partial charge is 0.231 e. The zero-order valence-electron chi connectivity index (χ0n) is 18.1. The van der Waals surface area contributed by atoms with Gasteiger partial charge < -0.3 is 29.7 Å². The number of ether oxygens (including phenoxy) is 3. The molecule has 7 nitrogen and oxygen atoms in total. The summed E-state index contributed by atoms with van der Waals surface area (Å²) in [4.78, 5) is 6.78. The number of nitrogens with one attached hydrogen (secondary N) is 2. The van der Waals surface area contributed by atoms with E-state index in [-0.39, 0.29) is 24.0 Å². The maximum absolute atomic E-state index is 5.45. The SMILES string of the molecule is CN=C(NCCc1ccc2c(c1)OCO2)NCC1CCN(c2cccc(OC)c2)C1.I. The van der Waals surface area contributed by atoms with Gasteiger partial charge in [-0.05, 0) is 48.6 Å². The van der Waals surface area contributed by atoms with Gasteiger partial charge in [-0.3, -0.25) is 4.99 Å². The van der Waals surface area contributed by atoms with Crippen LogP contribution in [0.1, 0.15) is 12.0 Å². The molecule has 0 aliphatic carbocycles. The van der Waals surface area contributed by atoms with Gasteiger partial charge in [-0.2, -0.15) is 0 Å². The van der Waals surface area contributed by atoms with E-state index < -0.39 is 0 Å². The molecule has 168 valence electrons. The van der Waals surface area contributed by atoms with Crippen LogP contribution in [0.4, 0.5) is 5.69 Å². The third-order valence-electron chi connectivity index (χ3n) is 5.63. The molecule has 2 aromatic carbocycles. The average Bonchev–Trinajstić information content (AvgIpc) is 3.45. The third kappa shape index (κ3) is 6.09. The number of nitrogens with zero attached hydrogens (tertiary/aromatic N) is 2. The van der Waals surface area contributed by atoms with Crippen LogP contribution in [0.15, 0.2) is 47.5 Å². The fourth-order valence-electron chi connectivity index (χ4n) is 3.92. The largest absolute Gasteiger partial charge is 0.497 e. The van der Waals surface area contributed by atoms with Crippen LogP contribution < -0.4 is 29.7 Å². The highest BCUT2D eigenvalue weighted by Crippen LogP contribution is 2.32. The van der Waals surface area contributed by atoms with Gasteiger partial charge in [0.2, 0.25) is 6.79 Å². The Morgan fingerprint density at radius 2 is 2.03 bits per heavy atom. The lowest BCUT2D eigenvalue weighted by Crippen LogP contribution is -2.41. The Labute approximate surface area is 201 Å². The Balaban J connectivity index is 0.00000272. The zero-order valence-corrected chi connectivity index (χ0v) is 20.4. The van der Waals surface area contributed by atoms with Gasteiger partial charge in [0.05, 0.1) is 7.11 Å². The number of halogens is 1. The number of benzene rings is 2. The van der Waals surface area contributed by atoms with Gasteiger partial charge in [0.1, 0.15) is 5.75 Å². The number of anilines is 1. The first-order valence-corrected chi connectivity index (χ1v) is 10.5. The predicted molar refractivity (Wildman–Crippen MR) is 134 cm³/mol. The second-order valence-electron chi connectivity index (χ2n) is 7.62. The van der Waals surface area contributed by atoms with E-state index in [2.05, 4.69) is 38.7 Å². The molecule has 0 radical (unpaired) electrons. The van der Waals surface area contributed by atoms with Gasteiger partial charge in [-0.25, -0.2) is 0 Å². The molecule has 31 heavy (non-hydrogen) atoms. The van der Waals surface area contributed by atoms with E-state index in [9.17, 15) is 0 Å². The van der Waals surface area contributed by atoms with Gasteiger partial charge in [0, 0.05) is 45.0 Å². The number of aliphatic imine (C=N–C) groups is 1.